The summed E-state index contributed by atoms with van der Waals surface area (Å²) in [5.74, 6) is 1.82. The molecule has 3 heteroatoms. The van der Waals surface area contributed by atoms with Crippen molar-refractivity contribution in [1.29, 1.82) is 0 Å². The number of aliphatic imine (C=N–C) groups is 1. The minimum Gasteiger partial charge on any atom is -0.370 e. The molecule has 0 bridgehead atoms. The predicted octanol–water partition coefficient (Wildman–Crippen LogP) is 0.696. The third-order valence-electron chi connectivity index (χ3n) is 2.34. The van der Waals surface area contributed by atoms with Gasteiger partial charge in [0.15, 0.2) is 5.96 Å². The van der Waals surface area contributed by atoms with Gasteiger partial charge in [0.1, 0.15) is 0 Å². The monoisotopic (exact) mass is 155 g/mol. The van der Waals surface area contributed by atoms with Crippen LogP contribution in [0.3, 0.4) is 0 Å². The standard InChI is InChI=1S/C8H17N3/c1-6-2-3-7(4-6)5-11-8(9)10/h6-7H,2-5H2,1H3,(H4,9,10,11). The molecule has 1 fully saturated rings. The molecule has 1 rings (SSSR count). The Morgan fingerprint density at radius 1 is 1.45 bits per heavy atom. The Labute approximate surface area is 67.9 Å². The van der Waals surface area contributed by atoms with Crippen molar-refractivity contribution in [1.82, 2.24) is 0 Å². The molecule has 1 aliphatic carbocycles. The largest absolute Gasteiger partial charge is 0.370 e. The van der Waals surface area contributed by atoms with Gasteiger partial charge in [-0.25, -0.2) is 0 Å². The van der Waals surface area contributed by atoms with Crippen LogP contribution in [0, 0.1) is 11.8 Å². The normalized spacial score (nSPS) is 30.3. The van der Waals surface area contributed by atoms with E-state index in [2.05, 4.69) is 11.9 Å². The van der Waals surface area contributed by atoms with Gasteiger partial charge < -0.3 is 11.5 Å². The highest BCUT2D eigenvalue weighted by Crippen LogP contribution is 2.30. The summed E-state index contributed by atoms with van der Waals surface area (Å²) in [6.07, 6.45) is 3.92. The maximum Gasteiger partial charge on any atom is 0.185 e. The summed E-state index contributed by atoms with van der Waals surface area (Å²) in [5, 5.41) is 0. The lowest BCUT2D eigenvalue weighted by atomic mass is 10.1. The van der Waals surface area contributed by atoms with Crippen LogP contribution in [0.15, 0.2) is 4.99 Å². The Bertz CT molecular complexity index is 149. The minimum absolute atomic E-state index is 0.226. The Morgan fingerprint density at radius 3 is 2.64 bits per heavy atom. The highest BCUT2D eigenvalue weighted by molar-refractivity contribution is 5.75. The molecule has 2 atom stereocenters. The summed E-state index contributed by atoms with van der Waals surface area (Å²) in [6, 6.07) is 0. The Morgan fingerprint density at radius 2 is 2.18 bits per heavy atom. The number of nitrogens with two attached hydrogens (primary N) is 2. The Balaban J connectivity index is 2.23. The van der Waals surface area contributed by atoms with Gasteiger partial charge in [0, 0.05) is 6.54 Å². The molecule has 0 saturated heterocycles. The molecule has 2 unspecified atom stereocenters. The molecule has 1 aliphatic rings. The lowest BCUT2D eigenvalue weighted by Crippen LogP contribution is -2.23. The fraction of sp³-hybridized carbons (Fsp3) is 0.875. The van der Waals surface area contributed by atoms with Crippen molar-refractivity contribution in [2.45, 2.75) is 26.2 Å². The maximum atomic E-state index is 5.23. The predicted molar refractivity (Wildman–Crippen MR) is 47.2 cm³/mol. The van der Waals surface area contributed by atoms with E-state index in [4.69, 9.17) is 11.5 Å². The fourth-order valence-corrected chi connectivity index (χ4v) is 1.73. The van der Waals surface area contributed by atoms with Crippen LogP contribution >= 0.6 is 0 Å². The van der Waals surface area contributed by atoms with E-state index in [0.717, 1.165) is 18.4 Å². The van der Waals surface area contributed by atoms with Gasteiger partial charge in [-0.15, -0.1) is 0 Å². The van der Waals surface area contributed by atoms with Crippen LogP contribution < -0.4 is 11.5 Å². The molecule has 11 heavy (non-hydrogen) atoms. The first kappa shape index (κ1) is 8.37. The van der Waals surface area contributed by atoms with Gasteiger partial charge in [0.2, 0.25) is 0 Å². The highest BCUT2D eigenvalue weighted by atomic mass is 15.0. The zero-order chi connectivity index (χ0) is 8.27. The topological polar surface area (TPSA) is 64.4 Å². The van der Waals surface area contributed by atoms with Gasteiger partial charge in [-0.3, -0.25) is 4.99 Å². The number of guanidine groups is 1. The third kappa shape index (κ3) is 2.78. The summed E-state index contributed by atoms with van der Waals surface area (Å²) in [4.78, 5) is 4.01. The Kier molecular flexibility index (Phi) is 2.74. The van der Waals surface area contributed by atoms with Crippen LogP contribution in [0.1, 0.15) is 26.2 Å². The molecule has 0 aliphatic heterocycles. The van der Waals surface area contributed by atoms with E-state index >= 15 is 0 Å². The first-order valence-electron chi connectivity index (χ1n) is 4.24. The molecule has 0 heterocycles. The van der Waals surface area contributed by atoms with Crippen molar-refractivity contribution in [2.24, 2.45) is 28.3 Å². The number of nitrogens with zero attached hydrogens (tertiary/aromatic N) is 1. The first-order chi connectivity index (χ1) is 5.18. The quantitative estimate of drug-likeness (QED) is 0.455. The molecule has 64 valence electrons. The second-order valence-corrected chi connectivity index (χ2v) is 3.55. The van der Waals surface area contributed by atoms with E-state index in [1.807, 2.05) is 0 Å². The summed E-state index contributed by atoms with van der Waals surface area (Å²) in [7, 11) is 0. The zero-order valence-corrected chi connectivity index (χ0v) is 7.09. The van der Waals surface area contributed by atoms with Crippen molar-refractivity contribution < 1.29 is 0 Å². The molecule has 4 N–H and O–H groups in total. The first-order valence-corrected chi connectivity index (χ1v) is 4.24. The summed E-state index contributed by atoms with van der Waals surface area (Å²) < 4.78 is 0. The van der Waals surface area contributed by atoms with Crippen LogP contribution in [0.2, 0.25) is 0 Å². The van der Waals surface area contributed by atoms with Gasteiger partial charge in [-0.1, -0.05) is 13.3 Å². The second-order valence-electron chi connectivity index (χ2n) is 3.55. The average Bonchev–Trinajstić information content (AvgIpc) is 2.31. The summed E-state index contributed by atoms with van der Waals surface area (Å²) >= 11 is 0. The Hall–Kier alpha value is -0.730. The van der Waals surface area contributed by atoms with Crippen LogP contribution in [-0.2, 0) is 0 Å². The molecule has 3 nitrogen and oxygen atoms in total. The molecular weight excluding hydrogens is 138 g/mol. The van der Waals surface area contributed by atoms with Crippen molar-refractivity contribution in [3.8, 4) is 0 Å². The molecule has 1 saturated carbocycles. The fourth-order valence-electron chi connectivity index (χ4n) is 1.73. The van der Waals surface area contributed by atoms with Crippen LogP contribution in [0.5, 0.6) is 0 Å². The molecule has 0 aromatic rings. The highest BCUT2D eigenvalue weighted by Gasteiger charge is 2.20. The van der Waals surface area contributed by atoms with Crippen LogP contribution in [0.4, 0.5) is 0 Å². The van der Waals surface area contributed by atoms with Crippen LogP contribution in [-0.4, -0.2) is 12.5 Å². The van der Waals surface area contributed by atoms with E-state index in [1.54, 1.807) is 0 Å². The van der Waals surface area contributed by atoms with Crippen molar-refractivity contribution >= 4 is 5.96 Å². The SMILES string of the molecule is CC1CCC(CN=C(N)N)C1. The van der Waals surface area contributed by atoms with Gasteiger partial charge in [-0.2, -0.15) is 0 Å². The number of hydrogen-bond donors (Lipinski definition) is 2. The lowest BCUT2D eigenvalue weighted by Gasteiger charge is -2.04. The van der Waals surface area contributed by atoms with E-state index in [9.17, 15) is 0 Å². The average molecular weight is 155 g/mol. The lowest BCUT2D eigenvalue weighted by molar-refractivity contribution is 0.526. The van der Waals surface area contributed by atoms with Gasteiger partial charge in [-0.05, 0) is 24.7 Å². The molecule has 0 amide bonds. The number of rotatable bonds is 2. The van der Waals surface area contributed by atoms with Crippen molar-refractivity contribution in [2.75, 3.05) is 6.54 Å². The van der Waals surface area contributed by atoms with Crippen LogP contribution in [0.25, 0.3) is 0 Å². The molecule has 0 aromatic heterocycles. The van der Waals surface area contributed by atoms with Gasteiger partial charge >= 0.3 is 0 Å². The molecular formula is C8H17N3. The maximum absolute atomic E-state index is 5.23. The second kappa shape index (κ2) is 3.60. The summed E-state index contributed by atoms with van der Waals surface area (Å²) in [6.45, 7) is 3.11. The smallest absolute Gasteiger partial charge is 0.185 e. The van der Waals surface area contributed by atoms with Gasteiger partial charge in [0.25, 0.3) is 0 Å². The van der Waals surface area contributed by atoms with Gasteiger partial charge in [0.05, 0.1) is 0 Å². The molecule has 0 aromatic carbocycles. The summed E-state index contributed by atoms with van der Waals surface area (Å²) in [5.41, 5.74) is 10.5. The van der Waals surface area contributed by atoms with E-state index in [-0.39, 0.29) is 5.96 Å². The molecule has 0 radical (unpaired) electrons. The minimum atomic E-state index is 0.226. The van der Waals surface area contributed by atoms with E-state index in [0.29, 0.717) is 0 Å². The number of hydrogen-bond acceptors (Lipinski definition) is 1. The third-order valence-corrected chi connectivity index (χ3v) is 2.34. The van der Waals surface area contributed by atoms with Crippen molar-refractivity contribution in [3.63, 3.8) is 0 Å². The van der Waals surface area contributed by atoms with Crippen molar-refractivity contribution in [3.05, 3.63) is 0 Å². The molecule has 0 spiro atoms. The van der Waals surface area contributed by atoms with E-state index < -0.39 is 0 Å². The zero-order valence-electron chi connectivity index (χ0n) is 7.09. The van der Waals surface area contributed by atoms with E-state index in [1.165, 1.54) is 19.3 Å².